The maximum Gasteiger partial charge on any atom is 0.146 e. The van der Waals surface area contributed by atoms with Crippen molar-refractivity contribution in [2.75, 3.05) is 20.5 Å². The molecule has 1 aromatic carbocycles. The zero-order valence-electron chi connectivity index (χ0n) is 13.8. The van der Waals surface area contributed by atoms with Crippen LogP contribution in [0.2, 0.25) is 0 Å². The fourth-order valence-electron chi connectivity index (χ4n) is 2.51. The third-order valence-electron chi connectivity index (χ3n) is 3.54. The van der Waals surface area contributed by atoms with E-state index in [0.29, 0.717) is 12.7 Å². The van der Waals surface area contributed by atoms with Crippen LogP contribution >= 0.6 is 0 Å². The average Bonchev–Trinajstić information content (AvgIpc) is 2.91. The lowest BCUT2D eigenvalue weighted by atomic mass is 10.0. The molecule has 22 heavy (non-hydrogen) atoms. The summed E-state index contributed by atoms with van der Waals surface area (Å²) in [5, 5.41) is 4.77. The zero-order chi connectivity index (χ0) is 15.8. The van der Waals surface area contributed by atoms with Crippen LogP contribution in [0, 0.1) is 0 Å². The molecule has 0 spiro atoms. The number of rotatable bonds is 9. The van der Waals surface area contributed by atoms with Crippen LogP contribution in [0.15, 0.2) is 36.5 Å². The van der Waals surface area contributed by atoms with Gasteiger partial charge in [0.05, 0.1) is 12.2 Å². The Morgan fingerprint density at radius 3 is 2.64 bits per heavy atom. The van der Waals surface area contributed by atoms with Crippen LogP contribution in [0.4, 0.5) is 0 Å². The average molecular weight is 302 g/mol. The van der Waals surface area contributed by atoms with Crippen LogP contribution in [-0.2, 0) is 22.4 Å². The molecule has 4 nitrogen and oxygen atoms in total. The van der Waals surface area contributed by atoms with Gasteiger partial charge in [-0.1, -0.05) is 44.2 Å². The van der Waals surface area contributed by atoms with Gasteiger partial charge in [0.25, 0.3) is 0 Å². The second kappa shape index (κ2) is 8.71. The molecule has 4 heteroatoms. The van der Waals surface area contributed by atoms with E-state index in [0.717, 1.165) is 26.0 Å². The molecular formula is C18H26N2O2. The first-order chi connectivity index (χ1) is 10.7. The van der Waals surface area contributed by atoms with E-state index in [9.17, 15) is 0 Å². The minimum atomic E-state index is 0.365. The third kappa shape index (κ3) is 4.97. The molecule has 0 unspecified atom stereocenters. The summed E-state index contributed by atoms with van der Waals surface area (Å²) >= 11 is 0. The molecule has 2 aromatic rings. The lowest BCUT2D eigenvalue weighted by molar-refractivity contribution is -0.0310. The van der Waals surface area contributed by atoms with Crippen LogP contribution in [0.5, 0.6) is 0 Å². The summed E-state index contributed by atoms with van der Waals surface area (Å²) < 4.78 is 12.3. The van der Waals surface area contributed by atoms with Crippen molar-refractivity contribution in [3.63, 3.8) is 0 Å². The summed E-state index contributed by atoms with van der Waals surface area (Å²) in [6, 6.07) is 10.4. The molecule has 0 saturated heterocycles. The summed E-state index contributed by atoms with van der Waals surface area (Å²) in [4.78, 5) is 0. The number of ether oxygens (including phenoxy) is 2. The van der Waals surface area contributed by atoms with E-state index in [1.165, 1.54) is 16.8 Å². The molecule has 0 aliphatic carbocycles. The van der Waals surface area contributed by atoms with Crippen LogP contribution in [0.25, 0.3) is 0 Å². The van der Waals surface area contributed by atoms with E-state index in [-0.39, 0.29) is 0 Å². The van der Waals surface area contributed by atoms with Crippen LogP contribution < -0.4 is 0 Å². The highest BCUT2D eigenvalue weighted by atomic mass is 16.7. The number of nitrogens with zero attached hydrogens (tertiary/aromatic N) is 2. The van der Waals surface area contributed by atoms with E-state index in [4.69, 9.17) is 14.6 Å². The maximum absolute atomic E-state index is 5.36. The molecule has 120 valence electrons. The van der Waals surface area contributed by atoms with Crippen molar-refractivity contribution in [2.24, 2.45) is 0 Å². The molecule has 0 amide bonds. The second-order valence-corrected chi connectivity index (χ2v) is 5.80. The lowest BCUT2D eigenvalue weighted by Gasteiger charge is -2.05. The van der Waals surface area contributed by atoms with E-state index < -0.39 is 0 Å². The lowest BCUT2D eigenvalue weighted by Crippen LogP contribution is -2.02. The topological polar surface area (TPSA) is 36.3 Å². The SMILES string of the molecule is COCOCCCc1cn(Cc2ccccc2)nc1C(C)C. The van der Waals surface area contributed by atoms with E-state index >= 15 is 0 Å². The highest BCUT2D eigenvalue weighted by Gasteiger charge is 2.12. The second-order valence-electron chi connectivity index (χ2n) is 5.80. The van der Waals surface area contributed by atoms with E-state index in [1.807, 2.05) is 6.07 Å². The minimum absolute atomic E-state index is 0.365. The van der Waals surface area contributed by atoms with Gasteiger partial charge in [-0.3, -0.25) is 4.68 Å². The highest BCUT2D eigenvalue weighted by molar-refractivity contribution is 5.22. The van der Waals surface area contributed by atoms with Gasteiger partial charge in [0, 0.05) is 19.9 Å². The van der Waals surface area contributed by atoms with Crippen molar-refractivity contribution in [1.29, 1.82) is 0 Å². The summed E-state index contributed by atoms with van der Waals surface area (Å²) in [6.07, 6.45) is 4.16. The smallest absolute Gasteiger partial charge is 0.146 e. The van der Waals surface area contributed by atoms with Gasteiger partial charge >= 0.3 is 0 Å². The van der Waals surface area contributed by atoms with Crippen LogP contribution in [0.3, 0.4) is 0 Å². The fraction of sp³-hybridized carbons (Fsp3) is 0.500. The van der Waals surface area contributed by atoms with Gasteiger partial charge in [0.15, 0.2) is 0 Å². The van der Waals surface area contributed by atoms with Gasteiger partial charge in [-0.25, -0.2) is 0 Å². The fourth-order valence-corrected chi connectivity index (χ4v) is 2.51. The Hall–Kier alpha value is -1.65. The number of hydrogen-bond donors (Lipinski definition) is 0. The molecule has 2 rings (SSSR count). The molecule has 0 fully saturated rings. The molecule has 0 aliphatic heterocycles. The monoisotopic (exact) mass is 302 g/mol. The molecule has 1 heterocycles. The molecule has 0 N–H and O–H groups in total. The van der Waals surface area contributed by atoms with Crippen molar-refractivity contribution in [2.45, 2.75) is 39.2 Å². The zero-order valence-corrected chi connectivity index (χ0v) is 13.8. The Bertz CT molecular complexity index is 549. The molecule has 0 aliphatic rings. The Morgan fingerprint density at radius 2 is 1.95 bits per heavy atom. The Kier molecular flexibility index (Phi) is 6.62. The van der Waals surface area contributed by atoms with Crippen molar-refractivity contribution in [3.05, 3.63) is 53.3 Å². The largest absolute Gasteiger partial charge is 0.359 e. The molecule has 0 radical (unpaired) electrons. The van der Waals surface area contributed by atoms with Crippen molar-refractivity contribution in [1.82, 2.24) is 9.78 Å². The normalized spacial score (nSPS) is 11.3. The molecule has 1 aromatic heterocycles. The summed E-state index contributed by atoms with van der Waals surface area (Å²) in [7, 11) is 1.64. The predicted octanol–water partition coefficient (Wildman–Crippen LogP) is 3.61. The first-order valence-electron chi connectivity index (χ1n) is 7.87. The van der Waals surface area contributed by atoms with Crippen molar-refractivity contribution < 1.29 is 9.47 Å². The molecular weight excluding hydrogens is 276 g/mol. The van der Waals surface area contributed by atoms with Gasteiger partial charge < -0.3 is 9.47 Å². The summed E-state index contributed by atoms with van der Waals surface area (Å²) in [5.74, 6) is 0.437. The minimum Gasteiger partial charge on any atom is -0.359 e. The van der Waals surface area contributed by atoms with Crippen LogP contribution in [0.1, 0.15) is 43.0 Å². The predicted molar refractivity (Wildman–Crippen MR) is 88.0 cm³/mol. The number of aromatic nitrogens is 2. The maximum atomic E-state index is 5.36. The first-order valence-corrected chi connectivity index (χ1v) is 7.87. The Morgan fingerprint density at radius 1 is 1.18 bits per heavy atom. The Labute approximate surface area is 133 Å². The number of hydrogen-bond acceptors (Lipinski definition) is 3. The molecule has 0 atom stereocenters. The quantitative estimate of drug-likeness (QED) is 0.524. The molecule has 0 bridgehead atoms. The van der Waals surface area contributed by atoms with Gasteiger partial charge in [0.2, 0.25) is 0 Å². The van der Waals surface area contributed by atoms with Crippen LogP contribution in [-0.4, -0.2) is 30.3 Å². The number of benzene rings is 1. The van der Waals surface area contributed by atoms with Gasteiger partial charge in [-0.05, 0) is 29.9 Å². The molecule has 0 saturated carbocycles. The highest BCUT2D eigenvalue weighted by Crippen LogP contribution is 2.19. The Balaban J connectivity index is 1.99. The van der Waals surface area contributed by atoms with E-state index in [2.05, 4.69) is 49.0 Å². The van der Waals surface area contributed by atoms with Crippen molar-refractivity contribution >= 4 is 0 Å². The summed E-state index contributed by atoms with van der Waals surface area (Å²) in [6.45, 7) is 6.29. The summed E-state index contributed by atoms with van der Waals surface area (Å²) in [5.41, 5.74) is 3.80. The number of aryl methyl sites for hydroxylation is 1. The van der Waals surface area contributed by atoms with Gasteiger partial charge in [0.1, 0.15) is 6.79 Å². The third-order valence-corrected chi connectivity index (χ3v) is 3.54. The first kappa shape index (κ1) is 16.7. The number of methoxy groups -OCH3 is 1. The van der Waals surface area contributed by atoms with Gasteiger partial charge in [-0.2, -0.15) is 5.10 Å². The van der Waals surface area contributed by atoms with E-state index in [1.54, 1.807) is 7.11 Å². The van der Waals surface area contributed by atoms with Gasteiger partial charge in [-0.15, -0.1) is 0 Å². The standard InChI is InChI=1S/C18H26N2O2/c1-15(2)18-17(10-7-11-22-14-21-3)13-20(19-18)12-16-8-5-4-6-9-16/h4-6,8-9,13,15H,7,10-12,14H2,1-3H3. The van der Waals surface area contributed by atoms with Crippen molar-refractivity contribution in [3.8, 4) is 0 Å².